The summed E-state index contributed by atoms with van der Waals surface area (Å²) in [5, 5.41) is 3.37. The average molecular weight is 347 g/mol. The van der Waals surface area contributed by atoms with Crippen molar-refractivity contribution in [3.05, 3.63) is 23.8 Å². The standard InChI is InChI=1S/C16H23F2NO3S/c1-10(19-8-12-9-21-16(2,3)22-12)11-5-6-14(23-15(17)18)13(7-11)20-4/h5-7,10,12,15,19H,8-9H2,1-4H3. The van der Waals surface area contributed by atoms with E-state index >= 15 is 0 Å². The van der Waals surface area contributed by atoms with Crippen molar-refractivity contribution >= 4 is 11.8 Å². The van der Waals surface area contributed by atoms with Crippen LogP contribution in [0, 0.1) is 0 Å². The zero-order chi connectivity index (χ0) is 17.0. The number of rotatable bonds is 7. The molecule has 1 saturated heterocycles. The first-order valence-electron chi connectivity index (χ1n) is 7.48. The molecule has 1 fully saturated rings. The fourth-order valence-corrected chi connectivity index (χ4v) is 3.03. The monoisotopic (exact) mass is 347 g/mol. The Morgan fingerprint density at radius 1 is 1.43 bits per heavy atom. The molecule has 2 unspecified atom stereocenters. The minimum Gasteiger partial charge on any atom is -0.496 e. The van der Waals surface area contributed by atoms with Gasteiger partial charge < -0.3 is 19.5 Å². The molecule has 0 radical (unpaired) electrons. The first-order valence-corrected chi connectivity index (χ1v) is 8.36. The van der Waals surface area contributed by atoms with Crippen LogP contribution in [0.4, 0.5) is 8.78 Å². The molecule has 0 spiro atoms. The van der Waals surface area contributed by atoms with E-state index in [4.69, 9.17) is 14.2 Å². The molecule has 23 heavy (non-hydrogen) atoms. The zero-order valence-corrected chi connectivity index (χ0v) is 14.6. The van der Waals surface area contributed by atoms with Crippen LogP contribution < -0.4 is 10.1 Å². The molecule has 0 aliphatic carbocycles. The molecule has 130 valence electrons. The third-order valence-corrected chi connectivity index (χ3v) is 4.39. The highest BCUT2D eigenvalue weighted by molar-refractivity contribution is 7.99. The largest absolute Gasteiger partial charge is 0.496 e. The van der Waals surface area contributed by atoms with Crippen molar-refractivity contribution in [1.82, 2.24) is 5.32 Å². The van der Waals surface area contributed by atoms with E-state index in [0.717, 1.165) is 5.56 Å². The maximum absolute atomic E-state index is 12.5. The van der Waals surface area contributed by atoms with Crippen LogP contribution >= 0.6 is 11.8 Å². The number of thioether (sulfide) groups is 1. The number of benzene rings is 1. The predicted octanol–water partition coefficient (Wildman–Crippen LogP) is 3.81. The van der Waals surface area contributed by atoms with Crippen LogP contribution in [-0.2, 0) is 9.47 Å². The number of halogens is 2. The summed E-state index contributed by atoms with van der Waals surface area (Å²) < 4.78 is 41.5. The van der Waals surface area contributed by atoms with E-state index in [0.29, 0.717) is 35.6 Å². The van der Waals surface area contributed by atoms with E-state index in [1.165, 1.54) is 7.11 Å². The van der Waals surface area contributed by atoms with Gasteiger partial charge in [0, 0.05) is 12.6 Å². The second kappa shape index (κ2) is 7.79. The van der Waals surface area contributed by atoms with Crippen molar-refractivity contribution < 1.29 is 23.0 Å². The first-order chi connectivity index (χ1) is 10.8. The maximum Gasteiger partial charge on any atom is 0.289 e. The molecule has 1 aliphatic rings. The van der Waals surface area contributed by atoms with Crippen LogP contribution in [0.5, 0.6) is 5.75 Å². The number of methoxy groups -OCH3 is 1. The fraction of sp³-hybridized carbons (Fsp3) is 0.625. The van der Waals surface area contributed by atoms with E-state index in [-0.39, 0.29) is 12.1 Å². The second-order valence-corrected chi connectivity index (χ2v) is 6.90. The summed E-state index contributed by atoms with van der Waals surface area (Å²) in [7, 11) is 1.48. The molecule has 1 heterocycles. The molecule has 1 aromatic rings. The Morgan fingerprint density at radius 3 is 2.74 bits per heavy atom. The van der Waals surface area contributed by atoms with Gasteiger partial charge in [0.2, 0.25) is 0 Å². The van der Waals surface area contributed by atoms with Crippen molar-refractivity contribution in [2.45, 2.75) is 49.4 Å². The molecule has 0 amide bonds. The Labute approximate surface area is 139 Å². The summed E-state index contributed by atoms with van der Waals surface area (Å²) in [5.41, 5.74) is 0.971. The van der Waals surface area contributed by atoms with Gasteiger partial charge in [-0.2, -0.15) is 8.78 Å². The zero-order valence-electron chi connectivity index (χ0n) is 13.8. The van der Waals surface area contributed by atoms with Gasteiger partial charge in [-0.05, 0) is 38.5 Å². The molecular weight excluding hydrogens is 324 g/mol. The number of alkyl halides is 2. The summed E-state index contributed by atoms with van der Waals surface area (Å²) in [6.45, 7) is 7.00. The van der Waals surface area contributed by atoms with E-state index in [1.54, 1.807) is 12.1 Å². The van der Waals surface area contributed by atoms with Gasteiger partial charge in [-0.15, -0.1) is 0 Å². The summed E-state index contributed by atoms with van der Waals surface area (Å²) in [6, 6.07) is 5.34. The average Bonchev–Trinajstić information content (AvgIpc) is 2.84. The lowest BCUT2D eigenvalue weighted by Crippen LogP contribution is -2.32. The van der Waals surface area contributed by atoms with Crippen molar-refractivity contribution in [3.8, 4) is 5.75 Å². The number of ether oxygens (including phenoxy) is 3. The summed E-state index contributed by atoms with van der Waals surface area (Å²) in [6.07, 6.45) is 0.00279. The first kappa shape index (κ1) is 18.4. The van der Waals surface area contributed by atoms with Gasteiger partial charge in [-0.1, -0.05) is 17.8 Å². The van der Waals surface area contributed by atoms with Crippen LogP contribution in [0.1, 0.15) is 32.4 Å². The molecule has 0 aromatic heterocycles. The van der Waals surface area contributed by atoms with Gasteiger partial charge in [0.1, 0.15) is 5.75 Å². The van der Waals surface area contributed by atoms with Gasteiger partial charge >= 0.3 is 0 Å². The third kappa shape index (κ3) is 5.31. The topological polar surface area (TPSA) is 39.7 Å². The smallest absolute Gasteiger partial charge is 0.289 e. The van der Waals surface area contributed by atoms with Crippen LogP contribution in [0.15, 0.2) is 23.1 Å². The van der Waals surface area contributed by atoms with Gasteiger partial charge in [0.15, 0.2) is 5.79 Å². The number of hydrogen-bond donors (Lipinski definition) is 1. The van der Waals surface area contributed by atoms with E-state index in [2.05, 4.69) is 5.32 Å². The normalized spacial score (nSPS) is 21.6. The Bertz CT molecular complexity index is 528. The highest BCUT2D eigenvalue weighted by atomic mass is 32.2. The van der Waals surface area contributed by atoms with Gasteiger partial charge in [0.25, 0.3) is 5.76 Å². The lowest BCUT2D eigenvalue weighted by molar-refractivity contribution is -0.137. The molecule has 2 rings (SSSR count). The van der Waals surface area contributed by atoms with E-state index < -0.39 is 11.5 Å². The molecule has 7 heteroatoms. The maximum atomic E-state index is 12.5. The third-order valence-electron chi connectivity index (χ3n) is 3.62. The quantitative estimate of drug-likeness (QED) is 0.760. The lowest BCUT2D eigenvalue weighted by Gasteiger charge is -2.20. The molecule has 4 nitrogen and oxygen atoms in total. The highest BCUT2D eigenvalue weighted by Gasteiger charge is 2.32. The highest BCUT2D eigenvalue weighted by Crippen LogP contribution is 2.35. The summed E-state index contributed by atoms with van der Waals surface area (Å²) >= 11 is 0.488. The fourth-order valence-electron chi connectivity index (χ4n) is 2.44. The number of hydrogen-bond acceptors (Lipinski definition) is 5. The van der Waals surface area contributed by atoms with Crippen LogP contribution in [0.2, 0.25) is 0 Å². The van der Waals surface area contributed by atoms with Gasteiger partial charge in [-0.25, -0.2) is 0 Å². The Hall–Kier alpha value is -0.890. The van der Waals surface area contributed by atoms with Crippen LogP contribution in [0.3, 0.4) is 0 Å². The van der Waals surface area contributed by atoms with Gasteiger partial charge in [-0.3, -0.25) is 0 Å². The molecule has 0 bridgehead atoms. The lowest BCUT2D eigenvalue weighted by atomic mass is 10.1. The van der Waals surface area contributed by atoms with Crippen molar-refractivity contribution in [2.75, 3.05) is 20.3 Å². The van der Waals surface area contributed by atoms with Crippen molar-refractivity contribution in [2.24, 2.45) is 0 Å². The van der Waals surface area contributed by atoms with E-state index in [9.17, 15) is 8.78 Å². The van der Waals surface area contributed by atoms with E-state index in [1.807, 2.05) is 26.8 Å². The van der Waals surface area contributed by atoms with Gasteiger partial charge in [0.05, 0.1) is 24.7 Å². The minimum atomic E-state index is -2.46. The van der Waals surface area contributed by atoms with Crippen molar-refractivity contribution in [3.63, 3.8) is 0 Å². The summed E-state index contributed by atoms with van der Waals surface area (Å²) in [5.74, 6) is -2.54. The Kier molecular flexibility index (Phi) is 6.25. The predicted molar refractivity (Wildman–Crippen MR) is 86.2 cm³/mol. The minimum absolute atomic E-state index is 0.00279. The number of nitrogens with one attached hydrogen (secondary N) is 1. The second-order valence-electron chi connectivity index (χ2n) is 5.87. The van der Waals surface area contributed by atoms with Crippen LogP contribution in [-0.4, -0.2) is 37.9 Å². The molecule has 2 atom stereocenters. The molecule has 1 N–H and O–H groups in total. The molecule has 0 saturated carbocycles. The van der Waals surface area contributed by atoms with Crippen LogP contribution in [0.25, 0.3) is 0 Å². The summed E-state index contributed by atoms with van der Waals surface area (Å²) in [4.78, 5) is 0.438. The molecule has 1 aliphatic heterocycles. The Morgan fingerprint density at radius 2 is 2.17 bits per heavy atom. The Balaban J connectivity index is 1.95. The molecular formula is C16H23F2NO3S. The SMILES string of the molecule is COc1cc(C(C)NCC2COC(C)(C)O2)ccc1SC(F)F. The molecule has 1 aromatic carbocycles. The van der Waals surface area contributed by atoms with Crippen molar-refractivity contribution in [1.29, 1.82) is 0 Å².